The summed E-state index contributed by atoms with van der Waals surface area (Å²) in [6.45, 7) is 2.44. The lowest BCUT2D eigenvalue weighted by Crippen LogP contribution is -2.22. The van der Waals surface area contributed by atoms with Crippen LogP contribution in [0.4, 0.5) is 0 Å². The molecular weight excluding hydrogens is 322 g/mol. The van der Waals surface area contributed by atoms with Gasteiger partial charge in [-0.15, -0.1) is 11.3 Å². The van der Waals surface area contributed by atoms with E-state index in [2.05, 4.69) is 21.0 Å². The lowest BCUT2D eigenvalue weighted by Gasteiger charge is -2.06. The number of thiazole rings is 1. The average Bonchev–Trinajstić information content (AvgIpc) is 3.25. The first kappa shape index (κ1) is 14.9. The molecule has 1 saturated carbocycles. The van der Waals surface area contributed by atoms with E-state index in [1.54, 1.807) is 12.4 Å². The van der Waals surface area contributed by atoms with E-state index in [-0.39, 0.29) is 11.2 Å². The van der Waals surface area contributed by atoms with Gasteiger partial charge in [-0.2, -0.15) is 10.3 Å². The van der Waals surface area contributed by atoms with Gasteiger partial charge in [-0.05, 0) is 31.4 Å². The summed E-state index contributed by atoms with van der Waals surface area (Å²) in [4.78, 5) is 24.8. The third kappa shape index (κ3) is 2.80. The van der Waals surface area contributed by atoms with Crippen molar-refractivity contribution >= 4 is 28.8 Å². The topological polar surface area (TPSA) is 83.9 Å². The van der Waals surface area contributed by atoms with Crippen LogP contribution in [-0.2, 0) is 11.3 Å². The van der Waals surface area contributed by atoms with Crippen LogP contribution in [0.2, 0.25) is 5.28 Å². The van der Waals surface area contributed by atoms with Crippen molar-refractivity contribution in [2.24, 2.45) is 10.4 Å². The van der Waals surface area contributed by atoms with Gasteiger partial charge < -0.3 is 4.57 Å². The number of carbonyl (C=O) groups excluding carboxylic acids is 1. The van der Waals surface area contributed by atoms with Gasteiger partial charge >= 0.3 is 0 Å². The number of hydrogen-bond acceptors (Lipinski definition) is 5. The van der Waals surface area contributed by atoms with E-state index in [9.17, 15) is 4.79 Å². The predicted octanol–water partition coefficient (Wildman–Crippen LogP) is 2.08. The highest BCUT2D eigenvalue weighted by Gasteiger charge is 2.50. The Morgan fingerprint density at radius 3 is 2.82 bits per heavy atom. The van der Waals surface area contributed by atoms with Crippen molar-refractivity contribution in [1.82, 2.24) is 14.5 Å². The third-order valence-corrected chi connectivity index (χ3v) is 4.75. The van der Waals surface area contributed by atoms with Crippen LogP contribution in [0.1, 0.15) is 24.1 Å². The van der Waals surface area contributed by atoms with Gasteiger partial charge in [0.1, 0.15) is 5.41 Å². The van der Waals surface area contributed by atoms with Crippen molar-refractivity contribution in [1.29, 1.82) is 5.26 Å². The van der Waals surface area contributed by atoms with Gasteiger partial charge in [-0.25, -0.2) is 9.97 Å². The minimum atomic E-state index is -0.890. The summed E-state index contributed by atoms with van der Waals surface area (Å²) in [6.07, 6.45) is 4.48. The van der Waals surface area contributed by atoms with Crippen LogP contribution >= 0.6 is 22.9 Å². The van der Waals surface area contributed by atoms with E-state index < -0.39 is 5.41 Å². The summed E-state index contributed by atoms with van der Waals surface area (Å²) < 4.78 is 1.91. The number of aryl methyl sites for hydroxylation is 1. The molecule has 8 heteroatoms. The number of rotatable bonds is 3. The van der Waals surface area contributed by atoms with Crippen LogP contribution in [0, 0.1) is 23.7 Å². The number of carbonyl (C=O) groups is 1. The molecule has 112 valence electrons. The number of nitrogens with zero attached hydrogens (tertiary/aromatic N) is 5. The molecule has 6 nitrogen and oxygen atoms in total. The van der Waals surface area contributed by atoms with E-state index in [0.717, 1.165) is 11.3 Å². The zero-order valence-electron chi connectivity index (χ0n) is 11.8. The Kier molecular flexibility index (Phi) is 3.81. The minimum Gasteiger partial charge on any atom is -0.316 e. The Morgan fingerprint density at radius 2 is 2.23 bits per heavy atom. The predicted molar refractivity (Wildman–Crippen MR) is 81.0 cm³/mol. The van der Waals surface area contributed by atoms with E-state index in [4.69, 9.17) is 16.9 Å². The summed E-state index contributed by atoms with van der Waals surface area (Å²) in [5, 5.41) is 11.2. The SMILES string of the molecule is Cc1csc(=NC(=O)C2(C#N)CC2)n1Cc1cnc(Cl)nc1. The molecule has 0 aromatic carbocycles. The number of halogens is 1. The van der Waals surface area contributed by atoms with Gasteiger partial charge in [-0.3, -0.25) is 4.79 Å². The first-order valence-electron chi connectivity index (χ1n) is 6.66. The molecule has 1 aliphatic rings. The van der Waals surface area contributed by atoms with E-state index >= 15 is 0 Å². The standard InChI is InChI=1S/C14H12ClN5OS/c1-9-7-22-13(19-11(21)14(8-16)2-3-14)20(9)6-10-4-17-12(15)18-5-10/h4-5,7H,2-3,6H2,1H3. The highest BCUT2D eigenvalue weighted by atomic mass is 35.5. The third-order valence-electron chi connectivity index (χ3n) is 3.58. The smallest absolute Gasteiger partial charge is 0.268 e. The van der Waals surface area contributed by atoms with Crippen LogP contribution in [0.5, 0.6) is 0 Å². The summed E-state index contributed by atoms with van der Waals surface area (Å²) >= 11 is 7.06. The maximum absolute atomic E-state index is 12.1. The van der Waals surface area contributed by atoms with Crippen molar-refractivity contribution in [3.05, 3.63) is 39.1 Å². The number of nitriles is 1. The minimum absolute atomic E-state index is 0.195. The van der Waals surface area contributed by atoms with Crippen LogP contribution in [0.3, 0.4) is 0 Å². The Bertz CT molecular complexity index is 826. The summed E-state index contributed by atoms with van der Waals surface area (Å²) in [5.41, 5.74) is 0.952. The molecule has 0 bridgehead atoms. The Hall–Kier alpha value is -2.04. The second kappa shape index (κ2) is 5.63. The van der Waals surface area contributed by atoms with Gasteiger partial charge in [0, 0.05) is 29.0 Å². The number of hydrogen-bond donors (Lipinski definition) is 0. The van der Waals surface area contributed by atoms with E-state index in [1.807, 2.05) is 16.9 Å². The van der Waals surface area contributed by atoms with Gasteiger partial charge in [0.25, 0.3) is 5.91 Å². The molecule has 0 atom stereocenters. The van der Waals surface area contributed by atoms with Crippen molar-refractivity contribution in [2.75, 3.05) is 0 Å². The fraction of sp³-hybridized carbons (Fsp3) is 0.357. The molecule has 3 rings (SSSR count). The molecule has 1 aliphatic carbocycles. The van der Waals surface area contributed by atoms with Gasteiger partial charge in [-0.1, -0.05) is 0 Å². The monoisotopic (exact) mass is 333 g/mol. The first-order chi connectivity index (χ1) is 10.5. The molecule has 22 heavy (non-hydrogen) atoms. The first-order valence-corrected chi connectivity index (χ1v) is 7.92. The lowest BCUT2D eigenvalue weighted by atomic mass is 10.1. The molecule has 0 N–H and O–H groups in total. The second-order valence-electron chi connectivity index (χ2n) is 5.22. The van der Waals surface area contributed by atoms with Gasteiger partial charge in [0.2, 0.25) is 5.28 Å². The lowest BCUT2D eigenvalue weighted by molar-refractivity contribution is -0.121. The van der Waals surface area contributed by atoms with Crippen LogP contribution < -0.4 is 4.80 Å². The quantitative estimate of drug-likeness (QED) is 0.805. The molecule has 1 amide bonds. The molecule has 2 aromatic rings. The molecule has 0 spiro atoms. The fourth-order valence-electron chi connectivity index (χ4n) is 1.99. The largest absolute Gasteiger partial charge is 0.316 e. The summed E-state index contributed by atoms with van der Waals surface area (Å²) in [7, 11) is 0. The van der Waals surface area contributed by atoms with Gasteiger partial charge in [0.05, 0.1) is 12.6 Å². The maximum Gasteiger partial charge on any atom is 0.268 e. The van der Waals surface area contributed by atoms with E-state index in [1.165, 1.54) is 11.3 Å². The maximum atomic E-state index is 12.1. The van der Waals surface area contributed by atoms with Crippen molar-refractivity contribution in [3.8, 4) is 6.07 Å². The van der Waals surface area contributed by atoms with Crippen LogP contribution in [0.15, 0.2) is 22.8 Å². The molecule has 0 saturated heterocycles. The Morgan fingerprint density at radius 1 is 1.55 bits per heavy atom. The Balaban J connectivity index is 1.93. The van der Waals surface area contributed by atoms with Crippen molar-refractivity contribution < 1.29 is 4.79 Å². The Labute approximate surface area is 135 Å². The highest BCUT2D eigenvalue weighted by molar-refractivity contribution is 7.07. The molecule has 0 radical (unpaired) electrons. The molecule has 0 aliphatic heterocycles. The zero-order valence-corrected chi connectivity index (χ0v) is 13.4. The second-order valence-corrected chi connectivity index (χ2v) is 6.39. The molecule has 2 heterocycles. The zero-order chi connectivity index (χ0) is 15.7. The highest BCUT2D eigenvalue weighted by Crippen LogP contribution is 2.45. The molecular formula is C14H12ClN5OS. The average molecular weight is 334 g/mol. The number of aromatic nitrogens is 3. The summed E-state index contributed by atoms with van der Waals surface area (Å²) in [6, 6.07) is 2.07. The van der Waals surface area contributed by atoms with Crippen molar-refractivity contribution in [2.45, 2.75) is 26.3 Å². The van der Waals surface area contributed by atoms with Crippen molar-refractivity contribution in [3.63, 3.8) is 0 Å². The molecule has 2 aromatic heterocycles. The molecule has 1 fully saturated rings. The fourth-order valence-corrected chi connectivity index (χ4v) is 2.96. The molecule has 0 unspecified atom stereocenters. The van der Waals surface area contributed by atoms with Crippen LogP contribution in [-0.4, -0.2) is 20.4 Å². The normalized spacial score (nSPS) is 16.3. The van der Waals surface area contributed by atoms with Gasteiger partial charge in [0.15, 0.2) is 4.80 Å². The number of amides is 1. The summed E-state index contributed by atoms with van der Waals surface area (Å²) in [5.74, 6) is -0.349. The van der Waals surface area contributed by atoms with E-state index in [0.29, 0.717) is 24.2 Å². The van der Waals surface area contributed by atoms with Crippen LogP contribution in [0.25, 0.3) is 0 Å².